The number of carbonyl (C=O) groups excluding carboxylic acids is 2. The summed E-state index contributed by atoms with van der Waals surface area (Å²) in [6, 6.07) is 5.78. The molecule has 1 fully saturated rings. The van der Waals surface area contributed by atoms with Crippen LogP contribution in [0.25, 0.3) is 0 Å². The number of likely N-dealkylation sites (tertiary alicyclic amines) is 1. The molecule has 0 aliphatic carbocycles. The van der Waals surface area contributed by atoms with E-state index in [1.807, 2.05) is 4.90 Å². The van der Waals surface area contributed by atoms with E-state index in [9.17, 15) is 19.7 Å². The average Bonchev–Trinajstić information content (AvgIpc) is 3.01. The number of nitro benzene ring substituents is 1. The summed E-state index contributed by atoms with van der Waals surface area (Å²) in [5, 5.41) is 10.9. The zero-order chi connectivity index (χ0) is 18.4. The van der Waals surface area contributed by atoms with Crippen LogP contribution in [0.3, 0.4) is 0 Å². The molecule has 1 aromatic rings. The van der Waals surface area contributed by atoms with Gasteiger partial charge >= 0.3 is 6.09 Å². The van der Waals surface area contributed by atoms with Crippen molar-refractivity contribution < 1.29 is 19.2 Å². The fourth-order valence-corrected chi connectivity index (χ4v) is 3.39. The Bertz CT molecular complexity index is 690. The van der Waals surface area contributed by atoms with Gasteiger partial charge in [0.15, 0.2) is 5.12 Å². The van der Waals surface area contributed by atoms with E-state index in [-0.39, 0.29) is 22.7 Å². The van der Waals surface area contributed by atoms with Crippen LogP contribution in [-0.4, -0.2) is 45.2 Å². The Labute approximate surface area is 149 Å². The highest BCUT2D eigenvalue weighted by Gasteiger charge is 2.25. The molecule has 0 radical (unpaired) electrons. The number of non-ortho nitro benzene ring substituents is 1. The number of amides is 1. The van der Waals surface area contributed by atoms with E-state index in [4.69, 9.17) is 4.74 Å². The fraction of sp³-hybridized carbons (Fsp3) is 0.438. The first kappa shape index (κ1) is 18.9. The van der Waals surface area contributed by atoms with E-state index in [1.54, 1.807) is 13.8 Å². The number of nitro groups is 1. The molecule has 2 rings (SSSR count). The first-order valence-corrected chi connectivity index (χ1v) is 8.60. The maximum Gasteiger partial charge on any atom is 0.435 e. The summed E-state index contributed by atoms with van der Waals surface area (Å²) >= 11 is 1.31. The maximum absolute atomic E-state index is 11.8. The van der Waals surface area contributed by atoms with Gasteiger partial charge < -0.3 is 9.64 Å². The number of rotatable bonds is 4. The lowest BCUT2D eigenvalue weighted by atomic mass is 10.2. The van der Waals surface area contributed by atoms with Gasteiger partial charge in [-0.05, 0) is 31.0 Å². The quantitative estimate of drug-likeness (QED) is 0.350. The van der Waals surface area contributed by atoms with Crippen LogP contribution in [-0.2, 0) is 16.1 Å². The number of thioether (sulfide) groups is 1. The van der Waals surface area contributed by atoms with Gasteiger partial charge in [0.1, 0.15) is 12.4 Å². The van der Waals surface area contributed by atoms with Gasteiger partial charge in [0.05, 0.1) is 4.92 Å². The van der Waals surface area contributed by atoms with Gasteiger partial charge in [-0.1, -0.05) is 11.8 Å². The normalized spacial score (nSPS) is 17.4. The Morgan fingerprint density at radius 1 is 1.36 bits per heavy atom. The van der Waals surface area contributed by atoms with E-state index in [2.05, 4.69) is 4.99 Å². The molecule has 0 unspecified atom stereocenters. The molecular weight excluding hydrogens is 346 g/mol. The number of carbonyl (C=O) groups is 2. The standard InChI is InChI=1S/C16H19N3O5S/c1-11(18-8-7-15(9-18)25-12(2)20)17-16(21)24-10-13-3-5-14(6-4-13)19(22)23/h3-6,15H,7-10H2,1-2H3/t15-/m1/s1. The predicted octanol–water partition coefficient (Wildman–Crippen LogP) is 3.00. The van der Waals surface area contributed by atoms with Crippen LogP contribution in [0.1, 0.15) is 25.8 Å². The minimum Gasteiger partial charge on any atom is -0.443 e. The lowest BCUT2D eigenvalue weighted by molar-refractivity contribution is -0.384. The van der Waals surface area contributed by atoms with Crippen molar-refractivity contribution in [2.45, 2.75) is 32.1 Å². The van der Waals surface area contributed by atoms with Crippen molar-refractivity contribution in [1.29, 1.82) is 0 Å². The first-order valence-electron chi connectivity index (χ1n) is 7.72. The molecule has 134 valence electrons. The van der Waals surface area contributed by atoms with Crippen LogP contribution in [0, 0.1) is 10.1 Å². The molecule has 1 saturated heterocycles. The van der Waals surface area contributed by atoms with Crippen molar-refractivity contribution in [3.63, 3.8) is 0 Å². The minimum atomic E-state index is -0.710. The molecule has 1 aromatic carbocycles. The molecule has 9 heteroatoms. The van der Waals surface area contributed by atoms with Crippen molar-refractivity contribution in [2.24, 2.45) is 4.99 Å². The van der Waals surface area contributed by atoms with Gasteiger partial charge in [-0.25, -0.2) is 4.79 Å². The Morgan fingerprint density at radius 2 is 2.04 bits per heavy atom. The molecule has 8 nitrogen and oxygen atoms in total. The van der Waals surface area contributed by atoms with Crippen molar-refractivity contribution >= 4 is 34.5 Å². The number of aliphatic imine (C=N–C) groups is 1. The van der Waals surface area contributed by atoms with Gasteiger partial charge in [-0.2, -0.15) is 4.99 Å². The Morgan fingerprint density at radius 3 is 2.64 bits per heavy atom. The zero-order valence-electron chi connectivity index (χ0n) is 14.0. The lowest BCUT2D eigenvalue weighted by Crippen LogP contribution is -2.27. The predicted molar refractivity (Wildman–Crippen MR) is 94.6 cm³/mol. The van der Waals surface area contributed by atoms with Gasteiger partial charge in [-0.15, -0.1) is 0 Å². The second kappa shape index (κ2) is 8.61. The number of ether oxygens (including phenoxy) is 1. The van der Waals surface area contributed by atoms with Crippen molar-refractivity contribution in [2.75, 3.05) is 13.1 Å². The average molecular weight is 365 g/mol. The summed E-state index contributed by atoms with van der Waals surface area (Å²) in [7, 11) is 0. The van der Waals surface area contributed by atoms with Crippen molar-refractivity contribution in [3.8, 4) is 0 Å². The summed E-state index contributed by atoms with van der Waals surface area (Å²) < 4.78 is 5.07. The van der Waals surface area contributed by atoms with Crippen LogP contribution >= 0.6 is 11.8 Å². The van der Waals surface area contributed by atoms with Gasteiger partial charge in [0.25, 0.3) is 5.69 Å². The third-order valence-corrected chi connectivity index (χ3v) is 4.75. The highest BCUT2D eigenvalue weighted by molar-refractivity contribution is 8.14. The molecule has 0 aromatic heterocycles. The number of amidine groups is 1. The highest BCUT2D eigenvalue weighted by atomic mass is 32.2. The Balaban J connectivity index is 1.83. The fourth-order valence-electron chi connectivity index (χ4n) is 2.45. The largest absolute Gasteiger partial charge is 0.443 e. The summed E-state index contributed by atoms with van der Waals surface area (Å²) in [4.78, 5) is 38.9. The van der Waals surface area contributed by atoms with Crippen LogP contribution in [0.15, 0.2) is 29.3 Å². The second-order valence-electron chi connectivity index (χ2n) is 5.60. The monoisotopic (exact) mass is 365 g/mol. The molecule has 1 amide bonds. The lowest BCUT2D eigenvalue weighted by Gasteiger charge is -2.17. The molecule has 0 N–H and O–H groups in total. The summed E-state index contributed by atoms with van der Waals surface area (Å²) in [6.07, 6.45) is 0.160. The molecule has 25 heavy (non-hydrogen) atoms. The summed E-state index contributed by atoms with van der Waals surface area (Å²) in [5.74, 6) is 0.556. The smallest absolute Gasteiger partial charge is 0.435 e. The summed E-state index contributed by atoms with van der Waals surface area (Å²) in [6.45, 7) is 4.69. The van der Waals surface area contributed by atoms with Gasteiger partial charge in [0.2, 0.25) is 0 Å². The molecular formula is C16H19N3O5S. The molecule has 1 heterocycles. The minimum absolute atomic E-state index is 0.00355. The highest BCUT2D eigenvalue weighted by Crippen LogP contribution is 2.23. The van der Waals surface area contributed by atoms with Crippen LogP contribution in [0.5, 0.6) is 0 Å². The second-order valence-corrected chi connectivity index (χ2v) is 7.08. The number of benzene rings is 1. The molecule has 1 aliphatic rings. The number of nitrogens with zero attached hydrogens (tertiary/aromatic N) is 3. The van der Waals surface area contributed by atoms with E-state index >= 15 is 0 Å². The zero-order valence-corrected chi connectivity index (χ0v) is 14.8. The third-order valence-electron chi connectivity index (χ3n) is 3.70. The SMILES string of the molecule is CC(=O)S[C@@H]1CCN(C(C)=NC(=O)OCc2ccc([N+](=O)[O-])cc2)C1. The number of hydrogen-bond acceptors (Lipinski definition) is 6. The van der Waals surface area contributed by atoms with E-state index < -0.39 is 11.0 Å². The van der Waals surface area contributed by atoms with Gasteiger partial charge in [-0.3, -0.25) is 14.9 Å². The molecule has 1 aliphatic heterocycles. The number of hydrogen-bond donors (Lipinski definition) is 0. The van der Waals surface area contributed by atoms with E-state index in [0.717, 1.165) is 13.0 Å². The van der Waals surface area contributed by atoms with Crippen LogP contribution in [0.2, 0.25) is 0 Å². The Kier molecular flexibility index (Phi) is 6.51. The molecule has 0 saturated carbocycles. The maximum atomic E-state index is 11.8. The van der Waals surface area contributed by atoms with E-state index in [0.29, 0.717) is 17.9 Å². The van der Waals surface area contributed by atoms with Gasteiger partial charge in [0, 0.05) is 37.4 Å². The topological polar surface area (TPSA) is 102 Å². The molecule has 1 atom stereocenters. The van der Waals surface area contributed by atoms with Crippen molar-refractivity contribution in [1.82, 2.24) is 4.90 Å². The van der Waals surface area contributed by atoms with Crippen molar-refractivity contribution in [3.05, 3.63) is 39.9 Å². The third kappa shape index (κ3) is 5.86. The molecule has 0 spiro atoms. The van der Waals surface area contributed by atoms with Crippen LogP contribution < -0.4 is 0 Å². The Hall–Kier alpha value is -2.42. The van der Waals surface area contributed by atoms with E-state index in [1.165, 1.54) is 36.0 Å². The van der Waals surface area contributed by atoms with Crippen LogP contribution in [0.4, 0.5) is 10.5 Å². The summed E-state index contributed by atoms with van der Waals surface area (Å²) in [5.41, 5.74) is 0.627. The first-order chi connectivity index (χ1) is 11.8. The molecule has 0 bridgehead atoms.